The van der Waals surface area contributed by atoms with Crippen LogP contribution in [0.4, 0.5) is 0 Å². The van der Waals surface area contributed by atoms with E-state index in [0.717, 1.165) is 25.2 Å². The fraction of sp³-hybridized carbons (Fsp3) is 0.474. The van der Waals surface area contributed by atoms with Crippen LogP contribution in [0, 0.1) is 0 Å². The number of aryl methyl sites for hydroxylation is 2. The molecule has 0 aromatic carbocycles. The number of H-pyrrole nitrogens is 1. The minimum absolute atomic E-state index is 0.425. The van der Waals surface area contributed by atoms with E-state index in [-0.39, 0.29) is 0 Å². The van der Waals surface area contributed by atoms with Gasteiger partial charge in [0, 0.05) is 30.3 Å². The number of nitrogens with one attached hydrogen (secondary N) is 1. The molecule has 3 aromatic heterocycles. The molecule has 0 amide bonds. The number of aromatic nitrogens is 4. The summed E-state index contributed by atoms with van der Waals surface area (Å²) in [6, 6.07) is 6.80. The minimum Gasteiger partial charge on any atom is -0.344 e. The molecule has 0 saturated carbocycles. The smallest absolute Gasteiger partial charge is 0.136 e. The largest absolute Gasteiger partial charge is 0.344 e. The van der Waals surface area contributed by atoms with Gasteiger partial charge in [0.2, 0.25) is 0 Å². The maximum absolute atomic E-state index is 4.96. The summed E-state index contributed by atoms with van der Waals surface area (Å²) >= 11 is 0. The van der Waals surface area contributed by atoms with Crippen LogP contribution in [0.1, 0.15) is 54.6 Å². The summed E-state index contributed by atoms with van der Waals surface area (Å²) in [5.41, 5.74) is 5.03. The highest BCUT2D eigenvalue weighted by Crippen LogP contribution is 2.33. The summed E-state index contributed by atoms with van der Waals surface area (Å²) in [7, 11) is 0. The van der Waals surface area contributed by atoms with Gasteiger partial charge in [-0.2, -0.15) is 0 Å². The number of hydrogen-bond donors (Lipinski definition) is 1. The van der Waals surface area contributed by atoms with Crippen LogP contribution >= 0.6 is 0 Å². The molecular weight excluding hydrogens is 298 g/mol. The van der Waals surface area contributed by atoms with Gasteiger partial charge < -0.3 is 9.38 Å². The molecule has 1 aliphatic heterocycles. The number of pyridine rings is 1. The van der Waals surface area contributed by atoms with Crippen molar-refractivity contribution in [3.63, 3.8) is 0 Å². The lowest BCUT2D eigenvalue weighted by molar-refractivity contribution is 0.237. The molecule has 5 heteroatoms. The number of aromatic amines is 1. The molecule has 24 heavy (non-hydrogen) atoms. The molecule has 1 fully saturated rings. The molecule has 4 heterocycles. The van der Waals surface area contributed by atoms with Crippen molar-refractivity contribution in [1.29, 1.82) is 0 Å². The predicted molar refractivity (Wildman–Crippen MR) is 92.8 cm³/mol. The average Bonchev–Trinajstić information content (AvgIpc) is 3.33. The third-order valence-corrected chi connectivity index (χ3v) is 5.53. The number of nitrogens with zero attached hydrogens (tertiary/aromatic N) is 4. The standard InChI is InChI=1S/C19H23N5/c1-2-7-16-15(6-1)21-19(22-16)17-8-4-11-23(17)13-14-5-3-9-18-20-10-12-24(14)18/h3,5,9-10,12,17H,1-2,4,6-8,11,13H2,(H,21,22). The lowest BCUT2D eigenvalue weighted by Gasteiger charge is -2.23. The summed E-state index contributed by atoms with van der Waals surface area (Å²) < 4.78 is 2.20. The van der Waals surface area contributed by atoms with Crippen LogP contribution in [0.3, 0.4) is 0 Å². The van der Waals surface area contributed by atoms with E-state index in [2.05, 4.69) is 43.7 Å². The minimum atomic E-state index is 0.425. The number of rotatable bonds is 3. The Balaban J connectivity index is 1.43. The molecule has 3 aromatic rings. The summed E-state index contributed by atoms with van der Waals surface area (Å²) in [5.74, 6) is 1.19. The van der Waals surface area contributed by atoms with E-state index >= 15 is 0 Å². The second-order valence-corrected chi connectivity index (χ2v) is 7.06. The number of fused-ring (bicyclic) bond motifs is 2. The lowest BCUT2D eigenvalue weighted by atomic mass is 10.0. The molecule has 5 nitrogen and oxygen atoms in total. The second kappa shape index (κ2) is 5.74. The van der Waals surface area contributed by atoms with Gasteiger partial charge in [0.05, 0.1) is 11.7 Å². The summed E-state index contributed by atoms with van der Waals surface area (Å²) in [6.45, 7) is 2.09. The Morgan fingerprint density at radius 2 is 2.12 bits per heavy atom. The molecule has 1 saturated heterocycles. The SMILES string of the molecule is c1cc(CN2CCCC2c2nc3c([nH]2)CCCC3)n2ccnc2c1. The van der Waals surface area contributed by atoms with E-state index in [1.807, 2.05) is 6.20 Å². The zero-order chi connectivity index (χ0) is 15.9. The topological polar surface area (TPSA) is 49.2 Å². The fourth-order valence-corrected chi connectivity index (χ4v) is 4.30. The molecule has 1 N–H and O–H groups in total. The van der Waals surface area contributed by atoms with Crippen LogP contribution in [-0.2, 0) is 19.4 Å². The second-order valence-electron chi connectivity index (χ2n) is 7.06. The highest BCUT2D eigenvalue weighted by Gasteiger charge is 2.30. The zero-order valence-corrected chi connectivity index (χ0v) is 13.9. The van der Waals surface area contributed by atoms with Crippen molar-refractivity contribution < 1.29 is 0 Å². The van der Waals surface area contributed by atoms with Gasteiger partial charge in [-0.05, 0) is 57.2 Å². The van der Waals surface area contributed by atoms with Gasteiger partial charge in [0.1, 0.15) is 11.5 Å². The van der Waals surface area contributed by atoms with E-state index in [1.54, 1.807) is 0 Å². The van der Waals surface area contributed by atoms with Crippen LogP contribution in [0.5, 0.6) is 0 Å². The van der Waals surface area contributed by atoms with Crippen molar-refractivity contribution in [3.8, 4) is 0 Å². The molecule has 1 aliphatic carbocycles. The van der Waals surface area contributed by atoms with Gasteiger partial charge in [0.15, 0.2) is 0 Å². The zero-order valence-electron chi connectivity index (χ0n) is 13.9. The van der Waals surface area contributed by atoms with Crippen LogP contribution in [0.25, 0.3) is 5.65 Å². The van der Waals surface area contributed by atoms with Crippen molar-refractivity contribution in [2.45, 2.75) is 51.1 Å². The molecule has 0 radical (unpaired) electrons. The fourth-order valence-electron chi connectivity index (χ4n) is 4.30. The Kier molecular flexibility index (Phi) is 3.40. The maximum Gasteiger partial charge on any atom is 0.136 e. The average molecular weight is 321 g/mol. The number of likely N-dealkylation sites (tertiary alicyclic amines) is 1. The van der Waals surface area contributed by atoms with Crippen LogP contribution < -0.4 is 0 Å². The van der Waals surface area contributed by atoms with Crippen molar-refractivity contribution in [3.05, 3.63) is 53.5 Å². The third-order valence-electron chi connectivity index (χ3n) is 5.53. The Hall–Kier alpha value is -2.14. The van der Waals surface area contributed by atoms with Crippen molar-refractivity contribution in [2.75, 3.05) is 6.54 Å². The van der Waals surface area contributed by atoms with Gasteiger partial charge in [0.25, 0.3) is 0 Å². The predicted octanol–water partition coefficient (Wildman–Crippen LogP) is 3.27. The first-order valence-corrected chi connectivity index (χ1v) is 9.11. The van der Waals surface area contributed by atoms with E-state index in [9.17, 15) is 0 Å². The lowest BCUT2D eigenvalue weighted by Crippen LogP contribution is -2.24. The van der Waals surface area contributed by atoms with Gasteiger partial charge in [-0.3, -0.25) is 4.90 Å². The van der Waals surface area contributed by atoms with E-state index in [4.69, 9.17) is 4.98 Å². The first-order valence-electron chi connectivity index (χ1n) is 9.11. The quantitative estimate of drug-likeness (QED) is 0.805. The van der Waals surface area contributed by atoms with Crippen molar-refractivity contribution >= 4 is 5.65 Å². The third kappa shape index (κ3) is 2.35. The molecule has 0 spiro atoms. The first kappa shape index (κ1) is 14.2. The van der Waals surface area contributed by atoms with E-state index in [0.29, 0.717) is 6.04 Å². The summed E-state index contributed by atoms with van der Waals surface area (Å²) in [4.78, 5) is 15.6. The van der Waals surface area contributed by atoms with E-state index in [1.165, 1.54) is 55.0 Å². The molecule has 0 bridgehead atoms. The molecular formula is C19H23N5. The Bertz CT molecular complexity index is 838. The monoisotopic (exact) mass is 321 g/mol. The van der Waals surface area contributed by atoms with E-state index < -0.39 is 0 Å². The Morgan fingerprint density at radius 1 is 1.17 bits per heavy atom. The number of imidazole rings is 2. The highest BCUT2D eigenvalue weighted by atomic mass is 15.2. The Morgan fingerprint density at radius 3 is 3.08 bits per heavy atom. The van der Waals surface area contributed by atoms with Gasteiger partial charge in [-0.25, -0.2) is 9.97 Å². The molecule has 1 unspecified atom stereocenters. The van der Waals surface area contributed by atoms with Crippen molar-refractivity contribution in [1.82, 2.24) is 24.3 Å². The van der Waals surface area contributed by atoms with Crippen LogP contribution in [0.2, 0.25) is 0 Å². The van der Waals surface area contributed by atoms with Gasteiger partial charge in [-0.15, -0.1) is 0 Å². The number of hydrogen-bond acceptors (Lipinski definition) is 3. The Labute approximate surface area is 141 Å². The van der Waals surface area contributed by atoms with Crippen LogP contribution in [0.15, 0.2) is 30.6 Å². The maximum atomic E-state index is 4.96. The first-order chi connectivity index (χ1) is 11.9. The van der Waals surface area contributed by atoms with Crippen molar-refractivity contribution in [2.24, 2.45) is 0 Å². The molecule has 124 valence electrons. The molecule has 5 rings (SSSR count). The summed E-state index contributed by atoms with van der Waals surface area (Å²) in [5, 5.41) is 0. The van der Waals surface area contributed by atoms with Crippen LogP contribution in [-0.4, -0.2) is 30.8 Å². The summed E-state index contributed by atoms with van der Waals surface area (Å²) in [6.07, 6.45) is 11.3. The highest BCUT2D eigenvalue weighted by molar-refractivity contribution is 5.39. The molecule has 1 atom stereocenters. The normalized spacial score (nSPS) is 21.4. The molecule has 2 aliphatic rings. The van der Waals surface area contributed by atoms with Gasteiger partial charge in [-0.1, -0.05) is 6.07 Å². The van der Waals surface area contributed by atoms with Gasteiger partial charge >= 0.3 is 0 Å².